The van der Waals surface area contributed by atoms with Crippen LogP contribution in [-0.4, -0.2) is 11.7 Å². The van der Waals surface area contributed by atoms with E-state index in [4.69, 9.17) is 10.5 Å². The molecule has 0 saturated heterocycles. The second-order valence-corrected chi connectivity index (χ2v) is 4.50. The molecule has 0 atom stereocenters. The maximum atomic E-state index is 5.74. The Morgan fingerprint density at radius 3 is 2.50 bits per heavy atom. The predicted molar refractivity (Wildman–Crippen MR) is 73.9 cm³/mol. The van der Waals surface area contributed by atoms with Crippen molar-refractivity contribution in [3.63, 3.8) is 0 Å². The van der Waals surface area contributed by atoms with Crippen LogP contribution < -0.4 is 10.5 Å². The van der Waals surface area contributed by atoms with Crippen molar-refractivity contribution in [2.24, 2.45) is 5.73 Å². The molecule has 3 nitrogen and oxygen atoms in total. The van der Waals surface area contributed by atoms with Crippen molar-refractivity contribution < 1.29 is 4.74 Å². The van der Waals surface area contributed by atoms with E-state index in [0.29, 0.717) is 6.54 Å². The minimum absolute atomic E-state index is 0.589. The zero-order valence-corrected chi connectivity index (χ0v) is 11.2. The minimum atomic E-state index is 0.589. The number of aryl methyl sites for hydroxylation is 1. The molecule has 0 radical (unpaired) electrons. The Labute approximate surface area is 108 Å². The Kier molecular flexibility index (Phi) is 3.72. The van der Waals surface area contributed by atoms with Gasteiger partial charge in [0.05, 0.1) is 13.7 Å². The van der Waals surface area contributed by atoms with E-state index in [2.05, 4.69) is 30.5 Å². The third-order valence-corrected chi connectivity index (χ3v) is 3.42. The Bertz CT molecular complexity index is 543. The van der Waals surface area contributed by atoms with Gasteiger partial charge in [-0.25, -0.2) is 0 Å². The van der Waals surface area contributed by atoms with Gasteiger partial charge in [0, 0.05) is 23.5 Å². The molecule has 0 spiro atoms. The molecule has 1 heterocycles. The normalized spacial score (nSPS) is 10.7. The summed E-state index contributed by atoms with van der Waals surface area (Å²) in [7, 11) is 1.71. The van der Waals surface area contributed by atoms with Gasteiger partial charge in [0.2, 0.25) is 0 Å². The van der Waals surface area contributed by atoms with Gasteiger partial charge in [-0.05, 0) is 31.5 Å². The quantitative estimate of drug-likeness (QED) is 0.898. The van der Waals surface area contributed by atoms with Gasteiger partial charge in [0.25, 0.3) is 0 Å². The van der Waals surface area contributed by atoms with Crippen LogP contribution in [-0.2, 0) is 13.1 Å². The van der Waals surface area contributed by atoms with Gasteiger partial charge >= 0.3 is 0 Å². The topological polar surface area (TPSA) is 40.2 Å². The largest absolute Gasteiger partial charge is 0.496 e. The Hall–Kier alpha value is -1.74. The van der Waals surface area contributed by atoms with Crippen molar-refractivity contribution in [2.45, 2.75) is 26.9 Å². The summed E-state index contributed by atoms with van der Waals surface area (Å²) in [5, 5.41) is 0. The maximum Gasteiger partial charge on any atom is 0.123 e. The van der Waals surface area contributed by atoms with E-state index >= 15 is 0 Å². The number of nitrogens with two attached hydrogens (primary N) is 1. The van der Waals surface area contributed by atoms with Gasteiger partial charge in [0.15, 0.2) is 0 Å². The van der Waals surface area contributed by atoms with Crippen molar-refractivity contribution in [3.05, 3.63) is 52.8 Å². The average molecular weight is 244 g/mol. The standard InChI is InChI=1S/C15H20N2O/c1-11-8-14(9-16)12(2)17(11)10-13-6-4-5-7-15(13)18-3/h4-8H,9-10,16H2,1-3H3. The average Bonchev–Trinajstić information content (AvgIpc) is 2.66. The highest BCUT2D eigenvalue weighted by atomic mass is 16.5. The summed E-state index contributed by atoms with van der Waals surface area (Å²) in [6, 6.07) is 10.3. The number of hydrogen-bond donors (Lipinski definition) is 1. The summed E-state index contributed by atoms with van der Waals surface area (Å²) < 4.78 is 7.67. The Balaban J connectivity index is 2.37. The van der Waals surface area contributed by atoms with Crippen LogP contribution in [0, 0.1) is 13.8 Å². The molecule has 1 aromatic heterocycles. The van der Waals surface area contributed by atoms with Crippen LogP contribution in [0.2, 0.25) is 0 Å². The van der Waals surface area contributed by atoms with Crippen LogP contribution in [0.1, 0.15) is 22.5 Å². The van der Waals surface area contributed by atoms with E-state index in [0.717, 1.165) is 12.3 Å². The fourth-order valence-electron chi connectivity index (χ4n) is 2.33. The summed E-state index contributed by atoms with van der Waals surface area (Å²) in [4.78, 5) is 0. The zero-order valence-electron chi connectivity index (χ0n) is 11.2. The third kappa shape index (κ3) is 2.27. The Morgan fingerprint density at radius 1 is 1.17 bits per heavy atom. The molecule has 0 aliphatic heterocycles. The van der Waals surface area contributed by atoms with Crippen LogP contribution in [0.4, 0.5) is 0 Å². The van der Waals surface area contributed by atoms with Crippen LogP contribution >= 0.6 is 0 Å². The minimum Gasteiger partial charge on any atom is -0.496 e. The lowest BCUT2D eigenvalue weighted by Gasteiger charge is -2.13. The summed E-state index contributed by atoms with van der Waals surface area (Å²) in [5.41, 5.74) is 10.6. The lowest BCUT2D eigenvalue weighted by molar-refractivity contribution is 0.408. The lowest BCUT2D eigenvalue weighted by Crippen LogP contribution is -2.06. The summed E-state index contributed by atoms with van der Waals surface area (Å²) >= 11 is 0. The number of hydrogen-bond acceptors (Lipinski definition) is 2. The number of aromatic nitrogens is 1. The number of nitrogens with zero attached hydrogens (tertiary/aromatic N) is 1. The molecular weight excluding hydrogens is 224 g/mol. The molecule has 0 amide bonds. The van der Waals surface area contributed by atoms with Gasteiger partial charge < -0.3 is 15.0 Å². The molecule has 2 N–H and O–H groups in total. The smallest absolute Gasteiger partial charge is 0.123 e. The summed E-state index contributed by atoms with van der Waals surface area (Å²) in [5.74, 6) is 0.930. The van der Waals surface area contributed by atoms with Gasteiger partial charge in [-0.2, -0.15) is 0 Å². The highest BCUT2D eigenvalue weighted by Gasteiger charge is 2.10. The summed E-state index contributed by atoms with van der Waals surface area (Å²) in [6.45, 7) is 5.64. The predicted octanol–water partition coefficient (Wildman–Crippen LogP) is 2.62. The van der Waals surface area contributed by atoms with Crippen molar-refractivity contribution in [3.8, 4) is 5.75 Å². The molecule has 0 aliphatic carbocycles. The third-order valence-electron chi connectivity index (χ3n) is 3.42. The molecule has 2 aromatic rings. The SMILES string of the molecule is COc1ccccc1Cn1c(C)cc(CN)c1C. The lowest BCUT2D eigenvalue weighted by atomic mass is 10.2. The number of benzene rings is 1. The highest BCUT2D eigenvalue weighted by Crippen LogP contribution is 2.22. The van der Waals surface area contributed by atoms with Crippen LogP contribution in [0.25, 0.3) is 0 Å². The second-order valence-electron chi connectivity index (χ2n) is 4.50. The van der Waals surface area contributed by atoms with E-state index in [1.54, 1.807) is 7.11 Å². The van der Waals surface area contributed by atoms with Crippen LogP contribution in [0.15, 0.2) is 30.3 Å². The van der Waals surface area contributed by atoms with Crippen molar-refractivity contribution in [2.75, 3.05) is 7.11 Å². The zero-order chi connectivity index (χ0) is 13.1. The molecule has 0 fully saturated rings. The molecule has 0 unspecified atom stereocenters. The van der Waals surface area contributed by atoms with E-state index in [-0.39, 0.29) is 0 Å². The molecular formula is C15H20N2O. The number of para-hydroxylation sites is 1. The fraction of sp³-hybridized carbons (Fsp3) is 0.333. The molecule has 3 heteroatoms. The highest BCUT2D eigenvalue weighted by molar-refractivity contribution is 5.35. The van der Waals surface area contributed by atoms with E-state index in [1.165, 1.54) is 22.5 Å². The number of rotatable bonds is 4. The Morgan fingerprint density at radius 2 is 1.89 bits per heavy atom. The fourth-order valence-corrected chi connectivity index (χ4v) is 2.33. The first-order valence-electron chi connectivity index (χ1n) is 6.15. The van der Waals surface area contributed by atoms with Crippen molar-refractivity contribution in [1.29, 1.82) is 0 Å². The first-order chi connectivity index (χ1) is 8.67. The molecule has 96 valence electrons. The number of ether oxygens (including phenoxy) is 1. The van der Waals surface area contributed by atoms with Gasteiger partial charge in [-0.1, -0.05) is 18.2 Å². The molecule has 18 heavy (non-hydrogen) atoms. The molecule has 0 bridgehead atoms. The first kappa shape index (κ1) is 12.7. The first-order valence-corrected chi connectivity index (χ1v) is 6.15. The van der Waals surface area contributed by atoms with E-state index in [1.807, 2.05) is 18.2 Å². The van der Waals surface area contributed by atoms with Gasteiger partial charge in [0.1, 0.15) is 5.75 Å². The van der Waals surface area contributed by atoms with Crippen molar-refractivity contribution in [1.82, 2.24) is 4.57 Å². The van der Waals surface area contributed by atoms with E-state index < -0.39 is 0 Å². The van der Waals surface area contributed by atoms with Gasteiger partial charge in [-0.3, -0.25) is 0 Å². The second kappa shape index (κ2) is 5.27. The number of methoxy groups -OCH3 is 1. The van der Waals surface area contributed by atoms with Crippen molar-refractivity contribution >= 4 is 0 Å². The molecule has 0 saturated carbocycles. The monoisotopic (exact) mass is 244 g/mol. The summed E-state index contributed by atoms with van der Waals surface area (Å²) in [6.07, 6.45) is 0. The molecule has 0 aliphatic rings. The molecule has 1 aromatic carbocycles. The van der Waals surface area contributed by atoms with E-state index in [9.17, 15) is 0 Å². The molecule has 2 rings (SSSR count). The van der Waals surface area contributed by atoms with Gasteiger partial charge in [-0.15, -0.1) is 0 Å². The maximum absolute atomic E-state index is 5.74. The van der Waals surface area contributed by atoms with Crippen LogP contribution in [0.3, 0.4) is 0 Å². The van der Waals surface area contributed by atoms with Crippen LogP contribution in [0.5, 0.6) is 5.75 Å².